The van der Waals surface area contributed by atoms with E-state index in [2.05, 4.69) is 5.32 Å². The Balaban J connectivity index is 1.71. The standard InChI is InChI=1S/C24H28N2O7S/c1-4-33-21-12-16(10-11-20(21)31-2)19(14-34(29,30)32-3)26-13-17-6-5-7-18(22(17)24(26)28)25-23(27)15-8-9-15/h5-7,10-12,15,19H,4,8-9,13-14H2,1-3H3,(H,25,27)/t19-/m1/s1. The minimum atomic E-state index is -3.92. The monoisotopic (exact) mass is 488 g/mol. The Morgan fingerprint density at radius 2 is 1.94 bits per heavy atom. The van der Waals surface area contributed by atoms with Crippen LogP contribution in [0.15, 0.2) is 36.4 Å². The number of nitrogens with zero attached hydrogens (tertiary/aromatic N) is 1. The molecule has 0 bridgehead atoms. The minimum Gasteiger partial charge on any atom is -0.493 e. The molecule has 2 aliphatic rings. The minimum absolute atomic E-state index is 0.0145. The van der Waals surface area contributed by atoms with Gasteiger partial charge >= 0.3 is 0 Å². The lowest BCUT2D eigenvalue weighted by atomic mass is 10.1. The molecule has 0 saturated heterocycles. The molecule has 0 aromatic heterocycles. The fourth-order valence-electron chi connectivity index (χ4n) is 4.12. The number of benzene rings is 2. The molecule has 1 aliphatic carbocycles. The highest BCUT2D eigenvalue weighted by atomic mass is 32.2. The Bertz CT molecular complexity index is 1210. The van der Waals surface area contributed by atoms with Gasteiger partial charge in [0, 0.05) is 12.5 Å². The highest BCUT2D eigenvalue weighted by Crippen LogP contribution is 2.39. The molecule has 2 amide bonds. The molecule has 0 radical (unpaired) electrons. The highest BCUT2D eigenvalue weighted by molar-refractivity contribution is 7.86. The van der Waals surface area contributed by atoms with Crippen LogP contribution >= 0.6 is 0 Å². The normalized spacial score (nSPS) is 16.2. The fourth-order valence-corrected chi connectivity index (χ4v) is 5.01. The summed E-state index contributed by atoms with van der Waals surface area (Å²) in [6.45, 7) is 2.41. The summed E-state index contributed by atoms with van der Waals surface area (Å²) >= 11 is 0. The van der Waals surface area contributed by atoms with Crippen molar-refractivity contribution < 1.29 is 31.7 Å². The molecule has 0 unspecified atom stereocenters. The number of ether oxygens (including phenoxy) is 2. The summed E-state index contributed by atoms with van der Waals surface area (Å²) in [5.74, 6) is 0.0370. The van der Waals surface area contributed by atoms with Gasteiger partial charge in [0.2, 0.25) is 5.91 Å². The number of hydrogen-bond acceptors (Lipinski definition) is 7. The first kappa shape index (κ1) is 24.0. The third-order valence-corrected chi connectivity index (χ3v) is 7.27. The van der Waals surface area contributed by atoms with Crippen molar-refractivity contribution in [3.05, 3.63) is 53.1 Å². The Morgan fingerprint density at radius 3 is 2.59 bits per heavy atom. The summed E-state index contributed by atoms with van der Waals surface area (Å²) < 4.78 is 40.7. The summed E-state index contributed by atoms with van der Waals surface area (Å²) in [4.78, 5) is 27.4. The van der Waals surface area contributed by atoms with E-state index >= 15 is 0 Å². The van der Waals surface area contributed by atoms with Crippen molar-refractivity contribution in [1.82, 2.24) is 4.90 Å². The average molecular weight is 489 g/mol. The molecular weight excluding hydrogens is 460 g/mol. The molecular formula is C24H28N2O7S. The Labute approximate surface area is 199 Å². The second kappa shape index (κ2) is 9.63. The van der Waals surface area contributed by atoms with Crippen molar-refractivity contribution in [3.63, 3.8) is 0 Å². The van der Waals surface area contributed by atoms with Crippen LogP contribution in [-0.4, -0.2) is 51.7 Å². The van der Waals surface area contributed by atoms with Crippen LogP contribution in [-0.2, 0) is 25.6 Å². The molecule has 0 spiro atoms. The zero-order chi connectivity index (χ0) is 24.5. The number of anilines is 1. The molecule has 4 rings (SSSR count). The van der Waals surface area contributed by atoms with Gasteiger partial charge in [0.15, 0.2) is 11.5 Å². The van der Waals surface area contributed by atoms with Gasteiger partial charge < -0.3 is 19.7 Å². The SMILES string of the molecule is CCOc1cc([C@@H](CS(=O)(=O)OC)N2Cc3cccc(NC(=O)C4CC4)c3C2=O)ccc1OC. The number of hydrogen-bond donors (Lipinski definition) is 1. The maximum absolute atomic E-state index is 13.6. The average Bonchev–Trinajstić information content (AvgIpc) is 3.62. The van der Waals surface area contributed by atoms with E-state index in [1.165, 1.54) is 12.0 Å². The van der Waals surface area contributed by atoms with Gasteiger partial charge in [-0.2, -0.15) is 8.42 Å². The fraction of sp³-hybridized carbons (Fsp3) is 0.417. The van der Waals surface area contributed by atoms with Crippen molar-refractivity contribution in [2.75, 3.05) is 31.9 Å². The predicted octanol–water partition coefficient (Wildman–Crippen LogP) is 3.12. The van der Waals surface area contributed by atoms with Gasteiger partial charge in [-0.05, 0) is 49.1 Å². The van der Waals surface area contributed by atoms with Crippen molar-refractivity contribution in [1.29, 1.82) is 0 Å². The van der Waals surface area contributed by atoms with Gasteiger partial charge in [-0.25, -0.2) is 0 Å². The van der Waals surface area contributed by atoms with Gasteiger partial charge in [-0.15, -0.1) is 0 Å². The molecule has 10 heteroatoms. The molecule has 182 valence electrons. The number of methoxy groups -OCH3 is 1. The Kier molecular flexibility index (Phi) is 6.81. The molecule has 2 aromatic carbocycles. The molecule has 2 aromatic rings. The summed E-state index contributed by atoms with van der Waals surface area (Å²) in [5, 5.41) is 2.87. The molecule has 1 aliphatic heterocycles. The van der Waals surface area contributed by atoms with E-state index in [4.69, 9.17) is 13.7 Å². The predicted molar refractivity (Wildman–Crippen MR) is 125 cm³/mol. The van der Waals surface area contributed by atoms with Gasteiger partial charge in [-0.1, -0.05) is 18.2 Å². The quantitative estimate of drug-likeness (QED) is 0.512. The second-order valence-electron chi connectivity index (χ2n) is 8.29. The maximum Gasteiger partial charge on any atom is 0.269 e. The largest absolute Gasteiger partial charge is 0.493 e. The van der Waals surface area contributed by atoms with Crippen molar-refractivity contribution in [2.24, 2.45) is 5.92 Å². The Morgan fingerprint density at radius 1 is 1.18 bits per heavy atom. The van der Waals surface area contributed by atoms with E-state index in [1.807, 2.05) is 13.0 Å². The van der Waals surface area contributed by atoms with Gasteiger partial charge in [0.05, 0.1) is 38.1 Å². The van der Waals surface area contributed by atoms with Crippen LogP contribution in [0, 0.1) is 5.92 Å². The van der Waals surface area contributed by atoms with Gasteiger partial charge in [-0.3, -0.25) is 13.8 Å². The summed E-state index contributed by atoms with van der Waals surface area (Å²) in [5.41, 5.74) is 2.11. The van der Waals surface area contributed by atoms with Crippen LogP contribution in [0.4, 0.5) is 5.69 Å². The summed E-state index contributed by atoms with van der Waals surface area (Å²) in [6.07, 6.45) is 1.69. The second-order valence-corrected chi connectivity index (χ2v) is 10.1. The van der Waals surface area contributed by atoms with E-state index in [0.717, 1.165) is 25.5 Å². The van der Waals surface area contributed by atoms with Crippen LogP contribution < -0.4 is 14.8 Å². The van der Waals surface area contributed by atoms with E-state index in [-0.39, 0.29) is 24.3 Å². The smallest absolute Gasteiger partial charge is 0.269 e. The number of amides is 2. The third-order valence-electron chi connectivity index (χ3n) is 6.04. The molecule has 1 heterocycles. The van der Waals surface area contributed by atoms with E-state index < -0.39 is 21.9 Å². The first-order chi connectivity index (χ1) is 16.3. The first-order valence-corrected chi connectivity index (χ1v) is 12.7. The first-order valence-electron chi connectivity index (χ1n) is 11.1. The molecule has 34 heavy (non-hydrogen) atoms. The summed E-state index contributed by atoms with van der Waals surface area (Å²) in [7, 11) is -1.31. The lowest BCUT2D eigenvalue weighted by molar-refractivity contribution is -0.117. The molecule has 9 nitrogen and oxygen atoms in total. The van der Waals surface area contributed by atoms with Crippen LogP contribution in [0.3, 0.4) is 0 Å². The summed E-state index contributed by atoms with van der Waals surface area (Å²) in [6, 6.07) is 9.51. The molecule has 1 fully saturated rings. The van der Waals surface area contributed by atoms with E-state index in [1.54, 1.807) is 30.3 Å². The zero-order valence-electron chi connectivity index (χ0n) is 19.4. The van der Waals surface area contributed by atoms with E-state index in [9.17, 15) is 18.0 Å². The lowest BCUT2D eigenvalue weighted by Crippen LogP contribution is -2.34. The third kappa shape index (κ3) is 4.88. The van der Waals surface area contributed by atoms with Crippen LogP contribution in [0.25, 0.3) is 0 Å². The molecule has 1 N–H and O–H groups in total. The zero-order valence-corrected chi connectivity index (χ0v) is 20.2. The maximum atomic E-state index is 13.6. The van der Waals surface area contributed by atoms with Crippen LogP contribution in [0.1, 0.15) is 47.3 Å². The van der Waals surface area contributed by atoms with Crippen molar-refractivity contribution in [2.45, 2.75) is 32.4 Å². The van der Waals surface area contributed by atoms with Crippen molar-refractivity contribution >= 4 is 27.6 Å². The van der Waals surface area contributed by atoms with E-state index in [0.29, 0.717) is 34.9 Å². The number of carbonyl (C=O) groups is 2. The number of carbonyl (C=O) groups excluding carboxylic acids is 2. The van der Waals surface area contributed by atoms with Crippen LogP contribution in [0.2, 0.25) is 0 Å². The molecule has 1 atom stereocenters. The number of nitrogens with one attached hydrogen (secondary N) is 1. The van der Waals surface area contributed by atoms with Gasteiger partial charge in [0.1, 0.15) is 5.75 Å². The highest BCUT2D eigenvalue weighted by Gasteiger charge is 2.39. The van der Waals surface area contributed by atoms with Gasteiger partial charge in [0.25, 0.3) is 16.0 Å². The van der Waals surface area contributed by atoms with Crippen LogP contribution in [0.5, 0.6) is 11.5 Å². The molecule has 1 saturated carbocycles. The number of fused-ring (bicyclic) bond motifs is 1. The Hall–Kier alpha value is -3.11. The topological polar surface area (TPSA) is 111 Å². The van der Waals surface area contributed by atoms with Crippen molar-refractivity contribution in [3.8, 4) is 11.5 Å². The number of rotatable bonds is 10. The lowest BCUT2D eigenvalue weighted by Gasteiger charge is -2.28.